The van der Waals surface area contributed by atoms with E-state index in [1.165, 1.54) is 11.1 Å². The maximum atomic E-state index is 10.5. The number of fused-ring (bicyclic) bond motifs is 5. The zero-order chi connectivity index (χ0) is 15.6. The fourth-order valence-corrected chi connectivity index (χ4v) is 5.62. The van der Waals surface area contributed by atoms with Gasteiger partial charge in [0.1, 0.15) is 11.9 Å². The number of aliphatic hydroxyl groups is 3. The molecule has 0 aromatic heterocycles. The van der Waals surface area contributed by atoms with E-state index >= 15 is 0 Å². The molecule has 4 heteroatoms. The molecule has 0 aliphatic heterocycles. The van der Waals surface area contributed by atoms with Gasteiger partial charge >= 0.3 is 0 Å². The molecular weight excluding hydrogens is 280 g/mol. The van der Waals surface area contributed by atoms with Gasteiger partial charge in [0.05, 0.1) is 12.2 Å². The van der Waals surface area contributed by atoms with E-state index in [2.05, 4.69) is 0 Å². The minimum Gasteiger partial charge on any atom is -0.508 e. The maximum absolute atomic E-state index is 10.5. The molecule has 3 aliphatic rings. The summed E-state index contributed by atoms with van der Waals surface area (Å²) >= 11 is 0. The van der Waals surface area contributed by atoms with Gasteiger partial charge in [-0.1, -0.05) is 13.0 Å². The Labute approximate surface area is 130 Å². The molecule has 4 rings (SSSR count). The highest BCUT2D eigenvalue weighted by Crippen LogP contribution is 2.60. The van der Waals surface area contributed by atoms with Crippen LogP contribution in [0, 0.1) is 17.3 Å². The topological polar surface area (TPSA) is 80.9 Å². The third-order valence-corrected chi connectivity index (χ3v) is 6.72. The fourth-order valence-electron chi connectivity index (χ4n) is 5.62. The van der Waals surface area contributed by atoms with Crippen LogP contribution in [0.15, 0.2) is 18.2 Å². The number of hydrogen-bond acceptors (Lipinski definition) is 4. The Morgan fingerprint density at radius 2 is 1.86 bits per heavy atom. The van der Waals surface area contributed by atoms with Gasteiger partial charge in [0.15, 0.2) is 0 Å². The SMILES string of the molecule is C[C@]12CCC3c4ccc(O)cc4CCC3C1C(O)C(O)[C@@H]2O. The highest BCUT2D eigenvalue weighted by atomic mass is 16.4. The molecule has 2 saturated carbocycles. The molecule has 0 saturated heterocycles. The molecule has 2 fully saturated rings. The zero-order valence-corrected chi connectivity index (χ0v) is 12.8. The number of phenols is 1. The Morgan fingerprint density at radius 3 is 2.64 bits per heavy atom. The highest BCUT2D eigenvalue weighted by Gasteiger charge is 2.62. The molecular formula is C18H24O4. The standard InChI is InChI=1S/C18H24O4/c1-18-7-6-12-11-5-3-10(19)8-9(11)2-4-13(12)14(18)15(20)16(21)17(18)22/h3,5,8,12-17,19-22H,2,4,6-7H2,1H3/t12?,13?,14?,15?,16?,17-,18-/m0/s1. The van der Waals surface area contributed by atoms with Crippen molar-refractivity contribution in [3.63, 3.8) is 0 Å². The summed E-state index contributed by atoms with van der Waals surface area (Å²) in [6.45, 7) is 2.02. The lowest BCUT2D eigenvalue weighted by atomic mass is 9.55. The third-order valence-electron chi connectivity index (χ3n) is 6.72. The van der Waals surface area contributed by atoms with Crippen molar-refractivity contribution in [2.75, 3.05) is 0 Å². The summed E-state index contributed by atoms with van der Waals surface area (Å²) in [5.41, 5.74) is 2.09. The number of aryl methyl sites for hydroxylation is 1. The molecule has 0 radical (unpaired) electrons. The van der Waals surface area contributed by atoms with Gasteiger partial charge in [0.25, 0.3) is 0 Å². The van der Waals surface area contributed by atoms with Crippen LogP contribution in [0.5, 0.6) is 5.75 Å². The molecule has 4 nitrogen and oxygen atoms in total. The highest BCUT2D eigenvalue weighted by molar-refractivity contribution is 5.40. The molecule has 5 unspecified atom stereocenters. The van der Waals surface area contributed by atoms with Crippen LogP contribution in [-0.4, -0.2) is 38.7 Å². The van der Waals surface area contributed by atoms with Crippen LogP contribution in [0.25, 0.3) is 0 Å². The van der Waals surface area contributed by atoms with Gasteiger partial charge in [-0.2, -0.15) is 0 Å². The van der Waals surface area contributed by atoms with Crippen molar-refractivity contribution in [2.45, 2.75) is 56.8 Å². The van der Waals surface area contributed by atoms with Crippen molar-refractivity contribution in [1.29, 1.82) is 0 Å². The van der Waals surface area contributed by atoms with Crippen molar-refractivity contribution in [2.24, 2.45) is 17.3 Å². The van der Waals surface area contributed by atoms with E-state index in [4.69, 9.17) is 0 Å². The van der Waals surface area contributed by atoms with Crippen LogP contribution in [0.1, 0.15) is 43.2 Å². The Hall–Kier alpha value is -1.10. The third kappa shape index (κ3) is 1.75. The smallest absolute Gasteiger partial charge is 0.115 e. The van der Waals surface area contributed by atoms with Crippen molar-refractivity contribution < 1.29 is 20.4 Å². The second-order valence-corrected chi connectivity index (χ2v) is 7.69. The van der Waals surface area contributed by atoms with Gasteiger partial charge in [0, 0.05) is 5.41 Å². The Bertz CT molecular complexity index is 601. The van der Waals surface area contributed by atoms with Crippen LogP contribution in [0.2, 0.25) is 0 Å². The van der Waals surface area contributed by atoms with E-state index in [-0.39, 0.29) is 11.8 Å². The average Bonchev–Trinajstić information content (AvgIpc) is 2.68. The maximum Gasteiger partial charge on any atom is 0.115 e. The average molecular weight is 304 g/mol. The van der Waals surface area contributed by atoms with Crippen molar-refractivity contribution in [3.8, 4) is 5.75 Å². The Kier molecular flexibility index (Phi) is 3.09. The van der Waals surface area contributed by atoms with E-state index in [1.807, 2.05) is 19.1 Å². The second kappa shape index (κ2) is 4.70. The van der Waals surface area contributed by atoms with Crippen molar-refractivity contribution in [1.82, 2.24) is 0 Å². The molecule has 0 spiro atoms. The Balaban J connectivity index is 1.74. The summed E-state index contributed by atoms with van der Waals surface area (Å²) in [7, 11) is 0. The second-order valence-electron chi connectivity index (χ2n) is 7.69. The minimum absolute atomic E-state index is 0.0572. The van der Waals surface area contributed by atoms with Gasteiger partial charge in [-0.3, -0.25) is 0 Å². The lowest BCUT2D eigenvalue weighted by molar-refractivity contribution is -0.0505. The molecule has 3 aliphatic carbocycles. The molecule has 0 heterocycles. The van der Waals surface area contributed by atoms with E-state index in [1.54, 1.807) is 6.07 Å². The predicted molar refractivity (Wildman–Crippen MR) is 81.5 cm³/mol. The van der Waals surface area contributed by atoms with Crippen molar-refractivity contribution >= 4 is 0 Å². The molecule has 22 heavy (non-hydrogen) atoms. The van der Waals surface area contributed by atoms with E-state index in [0.717, 1.165) is 25.7 Å². The van der Waals surface area contributed by atoms with Gasteiger partial charge in [-0.15, -0.1) is 0 Å². The molecule has 120 valence electrons. The number of benzene rings is 1. The number of rotatable bonds is 0. The first-order chi connectivity index (χ1) is 10.4. The lowest BCUT2D eigenvalue weighted by Gasteiger charge is -2.50. The normalized spacial score (nSPS) is 46.7. The summed E-state index contributed by atoms with van der Waals surface area (Å²) < 4.78 is 0. The van der Waals surface area contributed by atoms with E-state index in [0.29, 0.717) is 11.7 Å². The number of hydrogen-bond donors (Lipinski definition) is 4. The number of phenolic OH excluding ortho intramolecular Hbond substituents is 1. The first-order valence-electron chi connectivity index (χ1n) is 8.29. The van der Waals surface area contributed by atoms with Crippen LogP contribution in [-0.2, 0) is 6.42 Å². The minimum atomic E-state index is -1.03. The zero-order valence-electron chi connectivity index (χ0n) is 12.8. The predicted octanol–water partition coefficient (Wildman–Crippen LogP) is 1.55. The van der Waals surface area contributed by atoms with Crippen molar-refractivity contribution in [3.05, 3.63) is 29.3 Å². The van der Waals surface area contributed by atoms with Crippen LogP contribution in [0.3, 0.4) is 0 Å². The summed E-state index contributed by atoms with van der Waals surface area (Å²) in [4.78, 5) is 0. The molecule has 1 aromatic carbocycles. The van der Waals surface area contributed by atoms with E-state index in [9.17, 15) is 20.4 Å². The molecule has 1 aromatic rings. The monoisotopic (exact) mass is 304 g/mol. The van der Waals surface area contributed by atoms with Gasteiger partial charge in [-0.05, 0) is 66.7 Å². The Morgan fingerprint density at radius 1 is 1.09 bits per heavy atom. The molecule has 7 atom stereocenters. The molecule has 0 amide bonds. The summed E-state index contributed by atoms with van der Waals surface area (Å²) in [5.74, 6) is 0.898. The van der Waals surface area contributed by atoms with Gasteiger partial charge in [-0.25, -0.2) is 0 Å². The van der Waals surface area contributed by atoms with Gasteiger partial charge < -0.3 is 20.4 Å². The van der Waals surface area contributed by atoms with Gasteiger partial charge in [0.2, 0.25) is 0 Å². The quantitative estimate of drug-likeness (QED) is 0.586. The van der Waals surface area contributed by atoms with Crippen LogP contribution >= 0.6 is 0 Å². The molecule has 0 bridgehead atoms. The summed E-state index contributed by atoms with van der Waals surface area (Å²) in [6, 6.07) is 5.61. The fraction of sp³-hybridized carbons (Fsp3) is 0.667. The first kappa shape index (κ1) is 14.5. The summed E-state index contributed by atoms with van der Waals surface area (Å²) in [6.07, 6.45) is 0.894. The van der Waals surface area contributed by atoms with Crippen LogP contribution < -0.4 is 0 Å². The van der Waals surface area contributed by atoms with E-state index < -0.39 is 23.7 Å². The van der Waals surface area contributed by atoms with Crippen LogP contribution in [0.4, 0.5) is 0 Å². The summed E-state index contributed by atoms with van der Waals surface area (Å²) in [5, 5.41) is 40.7. The number of aromatic hydroxyl groups is 1. The lowest BCUT2D eigenvalue weighted by Crippen LogP contribution is -2.46. The number of aliphatic hydroxyl groups excluding tert-OH is 3. The molecule has 4 N–H and O–H groups in total. The largest absolute Gasteiger partial charge is 0.508 e. The first-order valence-corrected chi connectivity index (χ1v) is 8.29.